The van der Waals surface area contributed by atoms with E-state index in [0.29, 0.717) is 10.6 Å². The molecule has 1 aromatic heterocycles. The second kappa shape index (κ2) is 6.61. The van der Waals surface area contributed by atoms with Crippen molar-refractivity contribution in [2.24, 2.45) is 0 Å². The third kappa shape index (κ3) is 3.45. The Kier molecular flexibility index (Phi) is 4.66. The Morgan fingerprint density at radius 3 is 2.68 bits per heavy atom. The molecule has 1 N–H and O–H groups in total. The van der Waals surface area contributed by atoms with Crippen LogP contribution < -0.4 is 5.32 Å². The Bertz CT molecular complexity index is 959. The van der Waals surface area contributed by atoms with Gasteiger partial charge < -0.3 is 10.1 Å². The van der Waals surface area contributed by atoms with Gasteiger partial charge in [0.1, 0.15) is 5.00 Å². The average molecular weight is 379 g/mol. The summed E-state index contributed by atoms with van der Waals surface area (Å²) in [5.74, 6) is -0.935. The molecule has 0 fully saturated rings. The average Bonchev–Trinajstić information content (AvgIpc) is 3.14. The molecule has 1 aromatic carbocycles. The fourth-order valence-electron chi connectivity index (χ4n) is 2.85. The summed E-state index contributed by atoms with van der Waals surface area (Å²) in [5.41, 5.74) is 1.57. The molecule has 25 heavy (non-hydrogen) atoms. The summed E-state index contributed by atoms with van der Waals surface area (Å²) in [6, 6.07) is 5.81. The Morgan fingerprint density at radius 2 is 2.00 bits per heavy atom. The van der Waals surface area contributed by atoms with Crippen molar-refractivity contribution in [3.63, 3.8) is 0 Å². The second-order valence-electron chi connectivity index (χ2n) is 5.81. The van der Waals surface area contributed by atoms with Gasteiger partial charge >= 0.3 is 5.97 Å². The lowest BCUT2D eigenvalue weighted by atomic mass is 10.1. The van der Waals surface area contributed by atoms with Crippen LogP contribution in [-0.2, 0) is 27.4 Å². The Balaban J connectivity index is 1.93. The normalized spacial score (nSPS) is 13.4. The zero-order valence-electron chi connectivity index (χ0n) is 13.8. The van der Waals surface area contributed by atoms with Gasteiger partial charge in [-0.15, -0.1) is 11.3 Å². The maximum Gasteiger partial charge on any atom is 0.341 e. The van der Waals surface area contributed by atoms with Crippen molar-refractivity contribution >= 4 is 38.1 Å². The molecule has 1 heterocycles. The zero-order valence-corrected chi connectivity index (χ0v) is 15.4. The lowest BCUT2D eigenvalue weighted by Gasteiger charge is -2.08. The van der Waals surface area contributed by atoms with Gasteiger partial charge in [0.25, 0.3) is 5.91 Å². The number of esters is 1. The molecule has 1 aliphatic carbocycles. The Hall–Kier alpha value is -2.19. The van der Waals surface area contributed by atoms with E-state index in [1.807, 2.05) is 0 Å². The number of rotatable bonds is 4. The lowest BCUT2D eigenvalue weighted by molar-refractivity contribution is 0.0601. The minimum absolute atomic E-state index is 0.0713. The first-order valence-corrected chi connectivity index (χ1v) is 10.4. The van der Waals surface area contributed by atoms with E-state index in [4.69, 9.17) is 4.74 Å². The van der Waals surface area contributed by atoms with E-state index in [9.17, 15) is 18.0 Å². The number of carbonyl (C=O) groups is 2. The smallest absolute Gasteiger partial charge is 0.341 e. The van der Waals surface area contributed by atoms with Gasteiger partial charge in [-0.1, -0.05) is 6.07 Å². The van der Waals surface area contributed by atoms with Gasteiger partial charge in [-0.05, 0) is 43.0 Å². The summed E-state index contributed by atoms with van der Waals surface area (Å²) >= 11 is 1.37. The summed E-state index contributed by atoms with van der Waals surface area (Å²) in [6.45, 7) is 0. The summed E-state index contributed by atoms with van der Waals surface area (Å²) in [5, 5.41) is 3.18. The fourth-order valence-corrected chi connectivity index (χ4v) is 4.79. The molecule has 1 aliphatic rings. The minimum atomic E-state index is -3.41. The van der Waals surface area contributed by atoms with Crippen molar-refractivity contribution in [3.8, 4) is 0 Å². The molecule has 0 bridgehead atoms. The molecule has 132 valence electrons. The van der Waals surface area contributed by atoms with Crippen LogP contribution in [0.3, 0.4) is 0 Å². The van der Waals surface area contributed by atoms with Gasteiger partial charge in [0.05, 0.1) is 17.6 Å². The highest BCUT2D eigenvalue weighted by Crippen LogP contribution is 2.39. The van der Waals surface area contributed by atoms with Crippen LogP contribution in [0.15, 0.2) is 29.2 Å². The van der Waals surface area contributed by atoms with Crippen LogP contribution in [0.4, 0.5) is 5.00 Å². The molecular weight excluding hydrogens is 362 g/mol. The van der Waals surface area contributed by atoms with E-state index < -0.39 is 21.7 Å². The molecule has 0 atom stereocenters. The number of hydrogen-bond donors (Lipinski definition) is 1. The Morgan fingerprint density at radius 1 is 1.24 bits per heavy atom. The van der Waals surface area contributed by atoms with Crippen molar-refractivity contribution in [1.82, 2.24) is 0 Å². The van der Waals surface area contributed by atoms with Gasteiger partial charge in [-0.3, -0.25) is 4.79 Å². The van der Waals surface area contributed by atoms with E-state index in [2.05, 4.69) is 5.32 Å². The number of carbonyl (C=O) groups excluding carboxylic acids is 2. The molecule has 6 nitrogen and oxygen atoms in total. The summed E-state index contributed by atoms with van der Waals surface area (Å²) in [7, 11) is -2.10. The molecule has 0 saturated heterocycles. The fraction of sp³-hybridized carbons (Fsp3) is 0.294. The molecule has 3 rings (SSSR count). The predicted molar refractivity (Wildman–Crippen MR) is 95.2 cm³/mol. The number of aryl methyl sites for hydroxylation is 1. The Labute approximate surface area is 149 Å². The number of anilines is 1. The monoisotopic (exact) mass is 379 g/mol. The summed E-state index contributed by atoms with van der Waals surface area (Å²) in [4.78, 5) is 25.8. The summed E-state index contributed by atoms with van der Waals surface area (Å²) in [6.07, 6.45) is 3.73. The van der Waals surface area contributed by atoms with Gasteiger partial charge in [-0.2, -0.15) is 0 Å². The molecule has 0 saturated carbocycles. The first kappa shape index (κ1) is 17.6. The largest absolute Gasteiger partial charge is 0.465 e. The topological polar surface area (TPSA) is 89.5 Å². The molecule has 0 spiro atoms. The molecule has 1 amide bonds. The first-order valence-electron chi connectivity index (χ1n) is 7.65. The predicted octanol–water partition coefficient (Wildman–Crippen LogP) is 2.68. The molecule has 0 aliphatic heterocycles. The second-order valence-corrected chi connectivity index (χ2v) is 8.93. The van der Waals surface area contributed by atoms with Gasteiger partial charge in [0.2, 0.25) is 0 Å². The first-order chi connectivity index (χ1) is 11.8. The minimum Gasteiger partial charge on any atom is -0.465 e. The van der Waals surface area contributed by atoms with E-state index in [0.717, 1.165) is 36.0 Å². The molecule has 0 radical (unpaired) electrons. The number of ether oxygens (including phenoxy) is 1. The van der Waals surface area contributed by atoms with Gasteiger partial charge in [-0.25, -0.2) is 13.2 Å². The molecule has 0 unspecified atom stereocenters. The van der Waals surface area contributed by atoms with Crippen LogP contribution in [-0.4, -0.2) is 33.7 Å². The van der Waals surface area contributed by atoms with Crippen LogP contribution in [0, 0.1) is 0 Å². The maximum atomic E-state index is 12.5. The lowest BCUT2D eigenvalue weighted by Crippen LogP contribution is -2.15. The molecule has 2 aromatic rings. The number of thiophene rings is 1. The number of amides is 1. The number of nitrogens with one attached hydrogen (secondary N) is 1. The molecule has 8 heteroatoms. The number of benzene rings is 1. The van der Waals surface area contributed by atoms with E-state index >= 15 is 0 Å². The van der Waals surface area contributed by atoms with Gasteiger partial charge in [0, 0.05) is 16.7 Å². The van der Waals surface area contributed by atoms with Crippen molar-refractivity contribution < 1.29 is 22.7 Å². The standard InChI is InChI=1S/C17H17NO5S2/c1-23-17(20)14-12-7-4-8-13(12)24-16(14)18-15(19)10-5-3-6-11(9-10)25(2,21)22/h3,5-6,9H,4,7-8H2,1-2H3,(H,18,19). The van der Waals surface area contributed by atoms with Crippen LogP contribution in [0.5, 0.6) is 0 Å². The third-order valence-electron chi connectivity index (χ3n) is 4.06. The van der Waals surface area contributed by atoms with Crippen molar-refractivity contribution in [1.29, 1.82) is 0 Å². The van der Waals surface area contributed by atoms with Crippen LogP contribution >= 0.6 is 11.3 Å². The van der Waals surface area contributed by atoms with Gasteiger partial charge in [0.15, 0.2) is 9.84 Å². The highest BCUT2D eigenvalue weighted by Gasteiger charge is 2.28. The quantitative estimate of drug-likeness (QED) is 0.825. The van der Waals surface area contributed by atoms with Crippen molar-refractivity contribution in [3.05, 3.63) is 45.8 Å². The number of sulfone groups is 1. The van der Waals surface area contributed by atoms with Crippen molar-refractivity contribution in [2.45, 2.75) is 24.2 Å². The third-order valence-corrected chi connectivity index (χ3v) is 6.38. The number of methoxy groups -OCH3 is 1. The van der Waals surface area contributed by atoms with Crippen molar-refractivity contribution in [2.75, 3.05) is 18.7 Å². The molecular formula is C17H17NO5S2. The highest BCUT2D eigenvalue weighted by molar-refractivity contribution is 7.90. The van der Waals surface area contributed by atoms with E-state index in [1.54, 1.807) is 0 Å². The number of hydrogen-bond acceptors (Lipinski definition) is 6. The zero-order chi connectivity index (χ0) is 18.2. The van der Waals surface area contributed by atoms with Crippen LogP contribution in [0.25, 0.3) is 0 Å². The SMILES string of the molecule is COC(=O)c1c(NC(=O)c2cccc(S(C)(=O)=O)c2)sc2c1CCC2. The number of fused-ring (bicyclic) bond motifs is 1. The summed E-state index contributed by atoms with van der Waals surface area (Å²) < 4.78 is 28.2. The van der Waals surface area contributed by atoms with Crippen LogP contribution in [0.1, 0.15) is 37.6 Å². The highest BCUT2D eigenvalue weighted by atomic mass is 32.2. The van der Waals surface area contributed by atoms with Crippen LogP contribution in [0.2, 0.25) is 0 Å². The van der Waals surface area contributed by atoms with E-state index in [-0.39, 0.29) is 10.5 Å². The van der Waals surface area contributed by atoms with E-state index in [1.165, 1.54) is 42.7 Å². The maximum absolute atomic E-state index is 12.5.